The molecular formula is C21H26F4O3Si. The van der Waals surface area contributed by atoms with Crippen LogP contribution in [0.15, 0.2) is 30.3 Å². The van der Waals surface area contributed by atoms with Gasteiger partial charge >= 0.3 is 8.80 Å². The van der Waals surface area contributed by atoms with Crippen molar-refractivity contribution in [1.29, 1.82) is 0 Å². The molecule has 0 unspecified atom stereocenters. The van der Waals surface area contributed by atoms with E-state index in [0.717, 1.165) is 0 Å². The molecule has 29 heavy (non-hydrogen) atoms. The van der Waals surface area contributed by atoms with Gasteiger partial charge in [0.05, 0.1) is 0 Å². The SMILES string of the molecule is CC(C)O[Si](OC(C)C)(OC(C)C)c1ccc(-c2cc(F)c(F)c(F)c2F)cc1. The highest BCUT2D eigenvalue weighted by molar-refractivity contribution is 6.75. The van der Waals surface area contributed by atoms with Crippen LogP contribution in [0.2, 0.25) is 0 Å². The van der Waals surface area contributed by atoms with E-state index in [9.17, 15) is 17.6 Å². The predicted molar refractivity (Wildman–Crippen MR) is 106 cm³/mol. The first-order valence-corrected chi connectivity index (χ1v) is 11.2. The van der Waals surface area contributed by atoms with Crippen LogP contribution in [0, 0.1) is 23.3 Å². The van der Waals surface area contributed by atoms with Crippen LogP contribution in [0.1, 0.15) is 41.5 Å². The van der Waals surface area contributed by atoms with Crippen molar-refractivity contribution in [3.8, 4) is 11.1 Å². The summed E-state index contributed by atoms with van der Waals surface area (Å²) in [7, 11) is -3.33. The summed E-state index contributed by atoms with van der Waals surface area (Å²) in [5.74, 6) is -6.59. The first-order chi connectivity index (χ1) is 13.5. The lowest BCUT2D eigenvalue weighted by atomic mass is 10.0. The number of hydrogen-bond donors (Lipinski definition) is 0. The van der Waals surface area contributed by atoms with Crippen molar-refractivity contribution in [3.05, 3.63) is 53.6 Å². The molecule has 0 heterocycles. The molecule has 0 aromatic heterocycles. The second-order valence-electron chi connectivity index (χ2n) is 7.48. The van der Waals surface area contributed by atoms with Crippen LogP contribution >= 0.6 is 0 Å². The van der Waals surface area contributed by atoms with E-state index in [1.54, 1.807) is 12.1 Å². The van der Waals surface area contributed by atoms with Crippen LogP contribution in [-0.2, 0) is 13.3 Å². The Kier molecular flexibility index (Phi) is 7.61. The first kappa shape index (κ1) is 23.5. The lowest BCUT2D eigenvalue weighted by molar-refractivity contribution is 0.0153. The molecule has 0 N–H and O–H groups in total. The van der Waals surface area contributed by atoms with Gasteiger partial charge < -0.3 is 13.3 Å². The van der Waals surface area contributed by atoms with Crippen molar-refractivity contribution in [2.45, 2.75) is 59.9 Å². The summed E-state index contributed by atoms with van der Waals surface area (Å²) in [5.41, 5.74) is -0.190. The molecule has 0 spiro atoms. The van der Waals surface area contributed by atoms with Crippen LogP contribution in [0.25, 0.3) is 11.1 Å². The van der Waals surface area contributed by atoms with Crippen molar-refractivity contribution in [3.63, 3.8) is 0 Å². The van der Waals surface area contributed by atoms with E-state index in [0.29, 0.717) is 11.3 Å². The smallest absolute Gasteiger partial charge is 0.367 e. The fraction of sp³-hybridized carbons (Fsp3) is 0.429. The van der Waals surface area contributed by atoms with Gasteiger partial charge in [0.25, 0.3) is 0 Å². The fourth-order valence-electron chi connectivity index (χ4n) is 2.86. The van der Waals surface area contributed by atoms with Gasteiger partial charge in [0, 0.05) is 29.1 Å². The molecule has 0 fully saturated rings. The van der Waals surface area contributed by atoms with Crippen LogP contribution in [0.5, 0.6) is 0 Å². The highest BCUT2D eigenvalue weighted by Gasteiger charge is 2.46. The minimum absolute atomic E-state index is 0.184. The molecule has 2 aromatic rings. The quantitative estimate of drug-likeness (QED) is 0.245. The molecule has 3 nitrogen and oxygen atoms in total. The monoisotopic (exact) mass is 430 g/mol. The highest BCUT2D eigenvalue weighted by atomic mass is 28.4. The third kappa shape index (κ3) is 5.45. The molecule has 0 saturated heterocycles. The topological polar surface area (TPSA) is 27.7 Å². The maximum atomic E-state index is 14.1. The first-order valence-electron chi connectivity index (χ1n) is 9.44. The van der Waals surface area contributed by atoms with Crippen LogP contribution in [0.3, 0.4) is 0 Å². The van der Waals surface area contributed by atoms with Gasteiger partial charge in [0.1, 0.15) is 0 Å². The molecule has 0 aliphatic rings. The second-order valence-corrected chi connectivity index (χ2v) is 9.88. The average molecular weight is 431 g/mol. The second kappa shape index (κ2) is 9.38. The summed E-state index contributed by atoms with van der Waals surface area (Å²) in [6.45, 7) is 11.2. The van der Waals surface area contributed by atoms with E-state index in [4.69, 9.17) is 13.3 Å². The van der Waals surface area contributed by atoms with E-state index in [2.05, 4.69) is 0 Å². The highest BCUT2D eigenvalue weighted by Crippen LogP contribution is 2.28. The molecule has 0 saturated carbocycles. The Morgan fingerprint density at radius 1 is 0.655 bits per heavy atom. The van der Waals surface area contributed by atoms with Gasteiger partial charge in [-0.1, -0.05) is 24.3 Å². The van der Waals surface area contributed by atoms with Crippen molar-refractivity contribution >= 4 is 14.0 Å². The predicted octanol–water partition coefficient (Wildman–Crippen LogP) is 5.33. The lowest BCUT2D eigenvalue weighted by Gasteiger charge is -2.34. The minimum Gasteiger partial charge on any atom is -0.367 e. The molecule has 8 heteroatoms. The molecule has 0 amide bonds. The molecule has 0 atom stereocenters. The summed E-state index contributed by atoms with van der Waals surface area (Å²) in [5, 5.41) is 0.626. The molecule has 0 aliphatic carbocycles. The zero-order valence-electron chi connectivity index (χ0n) is 17.4. The van der Waals surface area contributed by atoms with Crippen molar-refractivity contribution in [1.82, 2.24) is 0 Å². The van der Waals surface area contributed by atoms with Crippen LogP contribution in [0.4, 0.5) is 17.6 Å². The normalized spacial score (nSPS) is 12.4. The van der Waals surface area contributed by atoms with Crippen molar-refractivity contribution in [2.75, 3.05) is 0 Å². The summed E-state index contributed by atoms with van der Waals surface area (Å²) < 4.78 is 72.9. The summed E-state index contributed by atoms with van der Waals surface area (Å²) >= 11 is 0. The number of benzene rings is 2. The van der Waals surface area contributed by atoms with Crippen molar-refractivity contribution in [2.24, 2.45) is 0 Å². The van der Waals surface area contributed by atoms with E-state index >= 15 is 0 Å². The van der Waals surface area contributed by atoms with Crippen LogP contribution in [-0.4, -0.2) is 27.1 Å². The number of hydrogen-bond acceptors (Lipinski definition) is 3. The summed E-state index contributed by atoms with van der Waals surface area (Å²) in [6.07, 6.45) is -0.551. The van der Waals surface area contributed by atoms with Gasteiger partial charge in [-0.15, -0.1) is 0 Å². The Labute approximate surface area is 170 Å². The maximum Gasteiger partial charge on any atom is 0.537 e. The molecule has 0 aliphatic heterocycles. The largest absolute Gasteiger partial charge is 0.537 e. The number of rotatable bonds is 8. The van der Waals surface area contributed by atoms with Gasteiger partial charge in [0.2, 0.25) is 0 Å². The molecule has 0 radical (unpaired) electrons. The zero-order valence-corrected chi connectivity index (χ0v) is 18.4. The number of halogens is 4. The van der Waals surface area contributed by atoms with Gasteiger partial charge in [-0.25, -0.2) is 17.6 Å². The molecule has 160 valence electrons. The summed E-state index contributed by atoms with van der Waals surface area (Å²) in [6, 6.07) is 6.82. The van der Waals surface area contributed by atoms with E-state index < -0.39 is 32.1 Å². The van der Waals surface area contributed by atoms with Gasteiger partial charge in [-0.3, -0.25) is 0 Å². The van der Waals surface area contributed by atoms with Gasteiger partial charge in [0.15, 0.2) is 23.3 Å². The third-order valence-corrected chi connectivity index (χ3v) is 7.21. The Morgan fingerprint density at radius 2 is 1.10 bits per heavy atom. The third-order valence-electron chi connectivity index (χ3n) is 3.82. The Balaban J connectivity index is 2.53. The zero-order chi connectivity index (χ0) is 21.9. The van der Waals surface area contributed by atoms with Gasteiger partial charge in [-0.05, 0) is 53.2 Å². The summed E-state index contributed by atoms with van der Waals surface area (Å²) in [4.78, 5) is 0. The molecule has 2 aromatic carbocycles. The fourth-order valence-corrected chi connectivity index (χ4v) is 5.87. The Bertz CT molecular complexity index is 812. The standard InChI is InChI=1S/C21H26F4O3Si/c1-12(2)26-29(27-13(3)4,28-14(5)6)16-9-7-15(8-10-16)17-11-18(22)20(24)21(25)19(17)23/h7-14H,1-6H3. The minimum atomic E-state index is -3.33. The average Bonchev–Trinajstić information content (AvgIpc) is 2.61. The molecule has 0 bridgehead atoms. The van der Waals surface area contributed by atoms with E-state index in [1.165, 1.54) is 12.1 Å². The molecular weight excluding hydrogens is 404 g/mol. The van der Waals surface area contributed by atoms with E-state index in [-0.39, 0.29) is 29.4 Å². The van der Waals surface area contributed by atoms with Crippen molar-refractivity contribution < 1.29 is 30.8 Å². The maximum absolute atomic E-state index is 14.1. The Hall–Kier alpha value is -1.74. The van der Waals surface area contributed by atoms with Gasteiger partial charge in [-0.2, -0.15) is 0 Å². The molecule has 2 rings (SSSR count). The lowest BCUT2D eigenvalue weighted by Crippen LogP contribution is -2.60. The Morgan fingerprint density at radius 3 is 1.52 bits per heavy atom. The van der Waals surface area contributed by atoms with E-state index in [1.807, 2.05) is 41.5 Å². The van der Waals surface area contributed by atoms with Crippen LogP contribution < -0.4 is 5.19 Å².